The van der Waals surface area contributed by atoms with E-state index in [2.05, 4.69) is 15.4 Å². The number of hydrogen-bond donors (Lipinski definition) is 1. The van der Waals surface area contributed by atoms with Gasteiger partial charge in [-0.2, -0.15) is 9.64 Å². The van der Waals surface area contributed by atoms with Crippen molar-refractivity contribution in [2.24, 2.45) is 0 Å². The number of benzene rings is 1. The average Bonchev–Trinajstić information content (AvgIpc) is 2.74. The summed E-state index contributed by atoms with van der Waals surface area (Å²) in [5.41, 5.74) is 1.37. The molecule has 92 valence electrons. The minimum Gasteiger partial charge on any atom is -0.389 e. The van der Waals surface area contributed by atoms with E-state index < -0.39 is 6.10 Å². The zero-order chi connectivity index (χ0) is 13.1. The molecule has 1 aromatic heterocycles. The van der Waals surface area contributed by atoms with Crippen LogP contribution in [0.25, 0.3) is 0 Å². The van der Waals surface area contributed by atoms with Crippen molar-refractivity contribution in [2.75, 3.05) is 0 Å². The van der Waals surface area contributed by atoms with Crippen molar-refractivity contribution in [3.05, 3.63) is 35.2 Å². The SMILES string of the molecule is Cc1nsc(Sc2cc(C#N)ccc2[C@H](C)O)n1. The van der Waals surface area contributed by atoms with Crippen molar-refractivity contribution in [2.45, 2.75) is 29.2 Å². The molecule has 0 radical (unpaired) electrons. The van der Waals surface area contributed by atoms with Crippen molar-refractivity contribution < 1.29 is 5.11 Å². The lowest BCUT2D eigenvalue weighted by atomic mass is 10.1. The van der Waals surface area contributed by atoms with Crippen LogP contribution in [0, 0.1) is 18.3 Å². The van der Waals surface area contributed by atoms with Crippen LogP contribution >= 0.6 is 23.3 Å². The van der Waals surface area contributed by atoms with Gasteiger partial charge in [0.05, 0.1) is 17.7 Å². The van der Waals surface area contributed by atoms with Crippen LogP contribution in [0.5, 0.6) is 0 Å². The Bertz CT molecular complexity index is 602. The Morgan fingerprint density at radius 1 is 1.50 bits per heavy atom. The first-order chi connectivity index (χ1) is 8.60. The second-order valence-electron chi connectivity index (χ2n) is 3.75. The molecule has 1 atom stereocenters. The van der Waals surface area contributed by atoms with Crippen LogP contribution in [0.3, 0.4) is 0 Å². The Morgan fingerprint density at radius 3 is 2.83 bits per heavy atom. The minimum atomic E-state index is -0.575. The molecule has 0 saturated heterocycles. The summed E-state index contributed by atoms with van der Waals surface area (Å²) in [6.07, 6.45) is -0.575. The number of aromatic nitrogens is 2. The lowest BCUT2D eigenvalue weighted by Gasteiger charge is -2.10. The van der Waals surface area contributed by atoms with Gasteiger partial charge in [-0.05, 0) is 43.1 Å². The quantitative estimate of drug-likeness (QED) is 0.934. The maximum absolute atomic E-state index is 9.72. The monoisotopic (exact) mass is 277 g/mol. The van der Waals surface area contributed by atoms with Crippen LogP contribution in [-0.4, -0.2) is 14.5 Å². The molecule has 0 spiro atoms. The zero-order valence-corrected chi connectivity index (χ0v) is 11.5. The van der Waals surface area contributed by atoms with Gasteiger partial charge in [0.1, 0.15) is 5.82 Å². The van der Waals surface area contributed by atoms with Crippen LogP contribution in [0.1, 0.15) is 30.0 Å². The van der Waals surface area contributed by atoms with Gasteiger partial charge in [-0.15, -0.1) is 0 Å². The minimum absolute atomic E-state index is 0.572. The highest BCUT2D eigenvalue weighted by molar-refractivity contribution is 8.01. The number of aliphatic hydroxyl groups excluding tert-OH is 1. The number of nitrogens with zero attached hydrogens (tertiary/aromatic N) is 3. The molecule has 6 heteroatoms. The van der Waals surface area contributed by atoms with E-state index in [-0.39, 0.29) is 0 Å². The second kappa shape index (κ2) is 5.48. The summed E-state index contributed by atoms with van der Waals surface area (Å²) in [6.45, 7) is 3.54. The van der Waals surface area contributed by atoms with E-state index in [9.17, 15) is 5.11 Å². The van der Waals surface area contributed by atoms with Crippen molar-refractivity contribution in [3.8, 4) is 6.07 Å². The predicted molar refractivity (Wildman–Crippen MR) is 70.6 cm³/mol. The van der Waals surface area contributed by atoms with E-state index in [4.69, 9.17) is 5.26 Å². The molecule has 0 aliphatic heterocycles. The maximum atomic E-state index is 9.72. The van der Waals surface area contributed by atoms with Crippen LogP contribution < -0.4 is 0 Å². The Kier molecular flexibility index (Phi) is 3.97. The number of nitriles is 1. The van der Waals surface area contributed by atoms with Gasteiger partial charge in [-0.25, -0.2) is 4.98 Å². The number of aryl methyl sites for hydroxylation is 1. The molecule has 0 unspecified atom stereocenters. The molecule has 0 saturated carbocycles. The zero-order valence-electron chi connectivity index (χ0n) is 9.91. The fourth-order valence-electron chi connectivity index (χ4n) is 1.45. The molecule has 18 heavy (non-hydrogen) atoms. The summed E-state index contributed by atoms with van der Waals surface area (Å²) in [5, 5.41) is 18.6. The Hall–Kier alpha value is -1.42. The summed E-state index contributed by atoms with van der Waals surface area (Å²) in [4.78, 5) is 5.12. The summed E-state index contributed by atoms with van der Waals surface area (Å²) < 4.78 is 4.92. The molecule has 1 aromatic carbocycles. The van der Waals surface area contributed by atoms with E-state index in [1.165, 1.54) is 23.3 Å². The summed E-state index contributed by atoms with van der Waals surface area (Å²) in [6, 6.07) is 7.35. The van der Waals surface area contributed by atoms with Crippen LogP contribution in [-0.2, 0) is 0 Å². The summed E-state index contributed by atoms with van der Waals surface area (Å²) in [7, 11) is 0. The molecule has 1 heterocycles. The molecule has 0 aliphatic carbocycles. The fraction of sp³-hybridized carbons (Fsp3) is 0.250. The Morgan fingerprint density at radius 2 is 2.28 bits per heavy atom. The van der Waals surface area contributed by atoms with Crippen molar-refractivity contribution in [1.29, 1.82) is 5.26 Å². The van der Waals surface area contributed by atoms with E-state index in [0.717, 1.165) is 20.6 Å². The normalized spacial score (nSPS) is 12.1. The number of aliphatic hydroxyl groups is 1. The topological polar surface area (TPSA) is 69.8 Å². The van der Waals surface area contributed by atoms with Crippen molar-refractivity contribution >= 4 is 23.3 Å². The average molecular weight is 277 g/mol. The van der Waals surface area contributed by atoms with Gasteiger partial charge in [0.25, 0.3) is 0 Å². The predicted octanol–water partition coefficient (Wildman–Crippen LogP) is 2.92. The van der Waals surface area contributed by atoms with Crippen LogP contribution in [0.15, 0.2) is 27.4 Å². The maximum Gasteiger partial charge on any atom is 0.174 e. The largest absolute Gasteiger partial charge is 0.389 e. The van der Waals surface area contributed by atoms with E-state index in [1.807, 2.05) is 6.92 Å². The van der Waals surface area contributed by atoms with E-state index in [1.54, 1.807) is 25.1 Å². The summed E-state index contributed by atoms with van der Waals surface area (Å²) >= 11 is 2.74. The van der Waals surface area contributed by atoms with Gasteiger partial charge in [0.15, 0.2) is 4.34 Å². The van der Waals surface area contributed by atoms with E-state index >= 15 is 0 Å². The smallest absolute Gasteiger partial charge is 0.174 e. The molecule has 0 bridgehead atoms. The third kappa shape index (κ3) is 2.88. The number of hydrogen-bond acceptors (Lipinski definition) is 6. The molecular weight excluding hydrogens is 266 g/mol. The highest BCUT2D eigenvalue weighted by Gasteiger charge is 2.12. The van der Waals surface area contributed by atoms with Gasteiger partial charge in [-0.3, -0.25) is 0 Å². The fourth-order valence-corrected chi connectivity index (χ4v) is 3.31. The van der Waals surface area contributed by atoms with Crippen molar-refractivity contribution in [3.63, 3.8) is 0 Å². The molecule has 4 nitrogen and oxygen atoms in total. The third-order valence-corrected chi connectivity index (χ3v) is 4.21. The first-order valence-electron chi connectivity index (χ1n) is 5.30. The Balaban J connectivity index is 2.38. The van der Waals surface area contributed by atoms with Gasteiger partial charge in [-0.1, -0.05) is 17.8 Å². The standard InChI is InChI=1S/C12H11N3OS2/c1-7(16)10-4-3-9(6-13)5-11(10)17-12-14-8(2)15-18-12/h3-5,7,16H,1-2H3/t7-/m0/s1. The highest BCUT2D eigenvalue weighted by atomic mass is 32.2. The first kappa shape index (κ1) is 13.0. The van der Waals surface area contributed by atoms with Crippen LogP contribution in [0.2, 0.25) is 0 Å². The first-order valence-corrected chi connectivity index (χ1v) is 6.89. The molecule has 2 rings (SSSR count). The van der Waals surface area contributed by atoms with E-state index in [0.29, 0.717) is 5.56 Å². The Labute approximate surface area is 113 Å². The van der Waals surface area contributed by atoms with Gasteiger partial charge >= 0.3 is 0 Å². The van der Waals surface area contributed by atoms with Crippen LogP contribution in [0.4, 0.5) is 0 Å². The molecule has 0 amide bonds. The third-order valence-electron chi connectivity index (χ3n) is 2.30. The lowest BCUT2D eigenvalue weighted by molar-refractivity contribution is 0.196. The van der Waals surface area contributed by atoms with Gasteiger partial charge < -0.3 is 5.11 Å². The highest BCUT2D eigenvalue weighted by Crippen LogP contribution is 2.34. The molecule has 0 fully saturated rings. The van der Waals surface area contributed by atoms with Gasteiger partial charge in [0.2, 0.25) is 0 Å². The lowest BCUT2D eigenvalue weighted by Crippen LogP contribution is -1.94. The molecule has 2 aromatic rings. The molecule has 1 N–H and O–H groups in total. The molecular formula is C12H11N3OS2. The van der Waals surface area contributed by atoms with Gasteiger partial charge in [0, 0.05) is 4.90 Å². The second-order valence-corrected chi connectivity index (χ2v) is 5.79. The number of rotatable bonds is 3. The molecule has 0 aliphatic rings. The summed E-state index contributed by atoms with van der Waals surface area (Å²) in [5.74, 6) is 0.734. The van der Waals surface area contributed by atoms with Crippen molar-refractivity contribution in [1.82, 2.24) is 9.36 Å².